The molecule has 0 aliphatic carbocycles. The van der Waals surface area contributed by atoms with Crippen LogP contribution in [0.15, 0.2) is 53.4 Å². The SMILES string of the molecule is CNC(=O)c1cccc(CNC(=O)CCC(=O)Nc2ccccc2SC)c1. The molecule has 0 spiro atoms. The Balaban J connectivity index is 1.79. The molecular formula is C20H23N3O3S. The van der Waals surface area contributed by atoms with Crippen LogP contribution in [0.1, 0.15) is 28.8 Å². The second-order valence-corrected chi connectivity index (χ2v) is 6.65. The van der Waals surface area contributed by atoms with Crippen LogP contribution in [-0.2, 0) is 16.1 Å². The Kier molecular flexibility index (Phi) is 7.88. The fraction of sp³-hybridized carbons (Fsp3) is 0.250. The first-order chi connectivity index (χ1) is 13.0. The van der Waals surface area contributed by atoms with Crippen molar-refractivity contribution in [2.45, 2.75) is 24.3 Å². The number of hydrogen-bond acceptors (Lipinski definition) is 4. The van der Waals surface area contributed by atoms with Crippen molar-refractivity contribution in [2.75, 3.05) is 18.6 Å². The molecular weight excluding hydrogens is 362 g/mol. The van der Waals surface area contributed by atoms with Gasteiger partial charge in [0.25, 0.3) is 5.91 Å². The van der Waals surface area contributed by atoms with Crippen LogP contribution in [-0.4, -0.2) is 31.0 Å². The fourth-order valence-corrected chi connectivity index (χ4v) is 3.00. The molecule has 2 aromatic carbocycles. The molecule has 0 fully saturated rings. The number of para-hydroxylation sites is 1. The van der Waals surface area contributed by atoms with Crippen molar-refractivity contribution in [3.8, 4) is 0 Å². The normalized spacial score (nSPS) is 10.1. The van der Waals surface area contributed by atoms with Crippen LogP contribution in [0.5, 0.6) is 0 Å². The van der Waals surface area contributed by atoms with Gasteiger partial charge in [0.05, 0.1) is 5.69 Å². The Labute approximate surface area is 163 Å². The lowest BCUT2D eigenvalue weighted by molar-refractivity contribution is -0.124. The summed E-state index contributed by atoms with van der Waals surface area (Å²) >= 11 is 1.55. The number of amides is 3. The average Bonchev–Trinajstić information content (AvgIpc) is 2.70. The van der Waals surface area contributed by atoms with Gasteiger partial charge in [0.2, 0.25) is 11.8 Å². The van der Waals surface area contributed by atoms with Gasteiger partial charge in [-0.1, -0.05) is 24.3 Å². The highest BCUT2D eigenvalue weighted by Crippen LogP contribution is 2.24. The summed E-state index contributed by atoms with van der Waals surface area (Å²) in [6.07, 6.45) is 2.15. The summed E-state index contributed by atoms with van der Waals surface area (Å²) < 4.78 is 0. The lowest BCUT2D eigenvalue weighted by Crippen LogP contribution is -2.25. The van der Waals surface area contributed by atoms with Crippen molar-refractivity contribution in [3.05, 3.63) is 59.7 Å². The number of carbonyl (C=O) groups excluding carboxylic acids is 3. The molecule has 0 saturated carbocycles. The Hall–Kier alpha value is -2.80. The molecule has 3 N–H and O–H groups in total. The van der Waals surface area contributed by atoms with Gasteiger partial charge in [-0.3, -0.25) is 14.4 Å². The summed E-state index contributed by atoms with van der Waals surface area (Å²) in [7, 11) is 1.57. The van der Waals surface area contributed by atoms with Crippen molar-refractivity contribution < 1.29 is 14.4 Å². The highest BCUT2D eigenvalue weighted by atomic mass is 32.2. The van der Waals surface area contributed by atoms with Gasteiger partial charge >= 0.3 is 0 Å². The van der Waals surface area contributed by atoms with Crippen LogP contribution < -0.4 is 16.0 Å². The van der Waals surface area contributed by atoms with E-state index < -0.39 is 0 Å². The van der Waals surface area contributed by atoms with E-state index in [4.69, 9.17) is 0 Å². The first-order valence-electron chi connectivity index (χ1n) is 8.54. The van der Waals surface area contributed by atoms with E-state index in [0.717, 1.165) is 16.1 Å². The minimum atomic E-state index is -0.214. The lowest BCUT2D eigenvalue weighted by Gasteiger charge is -2.09. The Morgan fingerprint density at radius 1 is 0.963 bits per heavy atom. The molecule has 0 heterocycles. The third-order valence-corrected chi connectivity index (χ3v) is 4.66. The van der Waals surface area contributed by atoms with E-state index in [1.165, 1.54) is 0 Å². The molecule has 0 unspecified atom stereocenters. The zero-order chi connectivity index (χ0) is 19.6. The van der Waals surface area contributed by atoms with E-state index >= 15 is 0 Å². The van der Waals surface area contributed by atoms with Crippen molar-refractivity contribution in [3.63, 3.8) is 0 Å². The molecule has 0 aliphatic rings. The molecule has 6 nitrogen and oxygen atoms in total. The molecule has 3 amide bonds. The number of benzene rings is 2. The Bertz CT molecular complexity index is 824. The van der Waals surface area contributed by atoms with E-state index in [9.17, 15) is 14.4 Å². The van der Waals surface area contributed by atoms with Gasteiger partial charge < -0.3 is 16.0 Å². The predicted molar refractivity (Wildman–Crippen MR) is 108 cm³/mol. The molecule has 142 valence electrons. The maximum atomic E-state index is 12.1. The van der Waals surface area contributed by atoms with Crippen molar-refractivity contribution in [1.82, 2.24) is 10.6 Å². The monoisotopic (exact) mass is 385 g/mol. The molecule has 2 rings (SSSR count). The highest BCUT2D eigenvalue weighted by molar-refractivity contribution is 7.98. The van der Waals surface area contributed by atoms with Crippen molar-refractivity contribution in [1.29, 1.82) is 0 Å². The van der Waals surface area contributed by atoms with E-state index in [1.54, 1.807) is 37.0 Å². The number of anilines is 1. The number of hydrogen-bond donors (Lipinski definition) is 3. The summed E-state index contributed by atoms with van der Waals surface area (Å²) in [6, 6.07) is 14.6. The second-order valence-electron chi connectivity index (χ2n) is 5.80. The molecule has 0 aliphatic heterocycles. The second kappa shape index (κ2) is 10.4. The maximum absolute atomic E-state index is 12.1. The smallest absolute Gasteiger partial charge is 0.251 e. The van der Waals surface area contributed by atoms with Crippen LogP contribution in [0, 0.1) is 0 Å². The zero-order valence-corrected chi connectivity index (χ0v) is 16.2. The summed E-state index contributed by atoms with van der Waals surface area (Å²) in [5.41, 5.74) is 2.11. The quantitative estimate of drug-likeness (QED) is 0.610. The van der Waals surface area contributed by atoms with Gasteiger partial charge in [-0.15, -0.1) is 11.8 Å². The molecule has 27 heavy (non-hydrogen) atoms. The molecule has 0 atom stereocenters. The largest absolute Gasteiger partial charge is 0.355 e. The van der Waals surface area contributed by atoms with Gasteiger partial charge in [-0.25, -0.2) is 0 Å². The minimum absolute atomic E-state index is 0.0996. The molecule has 0 aromatic heterocycles. The van der Waals surface area contributed by atoms with Gasteiger partial charge in [0.1, 0.15) is 0 Å². The highest BCUT2D eigenvalue weighted by Gasteiger charge is 2.10. The minimum Gasteiger partial charge on any atom is -0.355 e. The molecule has 0 radical (unpaired) electrons. The van der Waals surface area contributed by atoms with Gasteiger partial charge in [0.15, 0.2) is 0 Å². The Morgan fingerprint density at radius 2 is 1.70 bits per heavy atom. The van der Waals surface area contributed by atoms with E-state index in [2.05, 4.69) is 16.0 Å². The standard InChI is InChI=1S/C20H23N3O3S/c1-21-20(26)15-7-5-6-14(12-15)13-22-18(24)10-11-19(25)23-16-8-3-4-9-17(16)27-2/h3-9,12H,10-11,13H2,1-2H3,(H,21,26)(H,22,24)(H,23,25). The molecule has 7 heteroatoms. The van der Waals surface area contributed by atoms with E-state index in [-0.39, 0.29) is 30.6 Å². The van der Waals surface area contributed by atoms with Crippen LogP contribution in [0.4, 0.5) is 5.69 Å². The number of rotatable bonds is 8. The lowest BCUT2D eigenvalue weighted by atomic mass is 10.1. The zero-order valence-electron chi connectivity index (χ0n) is 15.4. The first-order valence-corrected chi connectivity index (χ1v) is 9.76. The predicted octanol–water partition coefficient (Wildman–Crippen LogP) is 2.80. The van der Waals surface area contributed by atoms with Gasteiger partial charge in [0, 0.05) is 36.9 Å². The third-order valence-electron chi connectivity index (χ3n) is 3.87. The number of carbonyl (C=O) groups is 3. The van der Waals surface area contributed by atoms with Crippen molar-refractivity contribution in [2.24, 2.45) is 0 Å². The van der Waals surface area contributed by atoms with E-state index in [1.807, 2.05) is 36.6 Å². The average molecular weight is 385 g/mol. The Morgan fingerprint density at radius 3 is 2.44 bits per heavy atom. The summed E-state index contributed by atoms with van der Waals surface area (Å²) in [4.78, 5) is 36.7. The third kappa shape index (κ3) is 6.45. The summed E-state index contributed by atoms with van der Waals surface area (Å²) in [5, 5.41) is 8.16. The van der Waals surface area contributed by atoms with Crippen molar-refractivity contribution >= 4 is 35.2 Å². The van der Waals surface area contributed by atoms with Crippen LogP contribution in [0.25, 0.3) is 0 Å². The van der Waals surface area contributed by atoms with Crippen LogP contribution >= 0.6 is 11.8 Å². The number of nitrogens with one attached hydrogen (secondary N) is 3. The van der Waals surface area contributed by atoms with Crippen LogP contribution in [0.2, 0.25) is 0 Å². The first kappa shape index (κ1) is 20.5. The maximum Gasteiger partial charge on any atom is 0.251 e. The van der Waals surface area contributed by atoms with E-state index in [0.29, 0.717) is 12.1 Å². The molecule has 0 bridgehead atoms. The number of thioether (sulfide) groups is 1. The summed E-state index contributed by atoms with van der Waals surface area (Å²) in [5.74, 6) is -0.590. The van der Waals surface area contributed by atoms with Gasteiger partial charge in [-0.05, 0) is 36.1 Å². The molecule has 0 saturated heterocycles. The molecule has 2 aromatic rings. The van der Waals surface area contributed by atoms with Crippen LogP contribution in [0.3, 0.4) is 0 Å². The topological polar surface area (TPSA) is 87.3 Å². The fourth-order valence-electron chi connectivity index (χ4n) is 2.44. The summed E-state index contributed by atoms with van der Waals surface area (Å²) in [6.45, 7) is 0.306. The van der Waals surface area contributed by atoms with Gasteiger partial charge in [-0.2, -0.15) is 0 Å².